The Kier molecular flexibility index (Phi) is 13.0. The topological polar surface area (TPSA) is 262 Å². The van der Waals surface area contributed by atoms with Gasteiger partial charge < -0.3 is 15.4 Å². The Morgan fingerprint density at radius 1 is 0.917 bits per heavy atom. The molecule has 17 nitrogen and oxygen atoms in total. The fourth-order valence-corrected chi connectivity index (χ4v) is 5.56. The predicted octanol–water partition coefficient (Wildman–Crippen LogP) is 5.39. The number of sulfone groups is 1. The van der Waals surface area contributed by atoms with Crippen LogP contribution in [0.3, 0.4) is 0 Å². The van der Waals surface area contributed by atoms with E-state index in [0.717, 1.165) is 23.6 Å². The van der Waals surface area contributed by atoms with E-state index in [4.69, 9.17) is 9.29 Å². The number of rotatable bonds is 17. The highest BCUT2D eigenvalue weighted by Gasteiger charge is 2.20. The van der Waals surface area contributed by atoms with Crippen LogP contribution >= 0.6 is 0 Å². The van der Waals surface area contributed by atoms with Crippen molar-refractivity contribution in [1.82, 2.24) is 4.98 Å². The van der Waals surface area contributed by atoms with Crippen LogP contribution in [0.5, 0.6) is 0 Å². The van der Waals surface area contributed by atoms with E-state index in [2.05, 4.69) is 42.7 Å². The Bertz CT molecular complexity index is 2080. The molecule has 0 spiro atoms. The Hall–Kier alpha value is -4.65. The lowest BCUT2D eigenvalue weighted by Gasteiger charge is -2.15. The summed E-state index contributed by atoms with van der Waals surface area (Å²) in [6, 6.07) is 10.3. The summed E-state index contributed by atoms with van der Waals surface area (Å²) >= 11 is 0. The fraction of sp³-hybridized carbons (Fsp3) is 0.286. The van der Waals surface area contributed by atoms with Gasteiger partial charge in [0.1, 0.15) is 28.2 Å². The highest BCUT2D eigenvalue weighted by Crippen LogP contribution is 2.37. The van der Waals surface area contributed by atoms with Crippen molar-refractivity contribution in [3.05, 3.63) is 65.6 Å². The van der Waals surface area contributed by atoms with Gasteiger partial charge in [-0.2, -0.15) is 32.3 Å². The molecule has 3 rings (SSSR count). The van der Waals surface area contributed by atoms with Crippen LogP contribution in [0.15, 0.2) is 84.7 Å². The van der Waals surface area contributed by atoms with E-state index in [1.54, 1.807) is 6.92 Å². The number of ether oxygens (including phenoxy) is 1. The molecule has 48 heavy (non-hydrogen) atoms. The van der Waals surface area contributed by atoms with Gasteiger partial charge in [-0.1, -0.05) is 6.58 Å². The number of aromatic nitrogens is 1. The molecule has 1 heterocycles. The van der Waals surface area contributed by atoms with Crippen molar-refractivity contribution >= 4 is 64.5 Å². The summed E-state index contributed by atoms with van der Waals surface area (Å²) in [5, 5.41) is 32.7. The summed E-state index contributed by atoms with van der Waals surface area (Å²) in [6.07, 6.45) is 0.569. The zero-order valence-corrected chi connectivity index (χ0v) is 28.2. The molecule has 0 fully saturated rings. The molecule has 0 amide bonds. The zero-order valence-electron chi connectivity index (χ0n) is 25.7. The number of hydrogen-bond acceptors (Lipinski definition) is 15. The third-order valence-electron chi connectivity index (χ3n) is 6.32. The number of nitrogens with one attached hydrogen (secondary N) is 2. The summed E-state index contributed by atoms with van der Waals surface area (Å²) in [5.74, 6) is -0.0595. The van der Waals surface area contributed by atoms with Gasteiger partial charge >= 0.3 is 0 Å². The molecule has 1 aromatic heterocycles. The van der Waals surface area contributed by atoms with Gasteiger partial charge in [-0.05, 0) is 62.7 Å². The van der Waals surface area contributed by atoms with E-state index in [-0.39, 0.29) is 62.7 Å². The molecule has 0 saturated carbocycles. The molecule has 0 aliphatic rings. The summed E-state index contributed by atoms with van der Waals surface area (Å²) in [5.41, 5.74) is 0.274. The Balaban J connectivity index is 2.00. The van der Waals surface area contributed by atoms with Gasteiger partial charge in [-0.25, -0.2) is 13.4 Å². The molecule has 3 aromatic rings. The van der Waals surface area contributed by atoms with Crippen LogP contribution in [0.2, 0.25) is 0 Å². The number of nitriles is 1. The molecule has 20 heteroatoms. The first kappa shape index (κ1) is 37.8. The molecule has 0 radical (unpaired) electrons. The van der Waals surface area contributed by atoms with Crippen molar-refractivity contribution in [2.75, 3.05) is 42.7 Å². The molecule has 2 aromatic carbocycles. The van der Waals surface area contributed by atoms with Crippen LogP contribution in [0.4, 0.5) is 34.4 Å². The first-order chi connectivity index (χ1) is 22.6. The average molecular weight is 721 g/mol. The first-order valence-electron chi connectivity index (χ1n) is 14.0. The van der Waals surface area contributed by atoms with Crippen LogP contribution in [0.25, 0.3) is 0 Å². The molecule has 0 atom stereocenters. The lowest BCUT2D eigenvalue weighted by molar-refractivity contribution is 0.147. The Morgan fingerprint density at radius 2 is 1.56 bits per heavy atom. The molecule has 0 unspecified atom stereocenters. The van der Waals surface area contributed by atoms with Gasteiger partial charge in [0.05, 0.1) is 27.6 Å². The van der Waals surface area contributed by atoms with Crippen LogP contribution in [0.1, 0.15) is 24.5 Å². The van der Waals surface area contributed by atoms with Crippen LogP contribution in [-0.2, 0) is 34.8 Å². The first-order valence-corrected chi connectivity index (χ1v) is 18.6. The van der Waals surface area contributed by atoms with Crippen molar-refractivity contribution in [3.8, 4) is 6.07 Å². The summed E-state index contributed by atoms with van der Waals surface area (Å²) < 4.78 is 95.1. The van der Waals surface area contributed by atoms with Crippen LogP contribution in [0, 0.1) is 18.3 Å². The lowest BCUT2D eigenvalue weighted by Crippen LogP contribution is -2.16. The van der Waals surface area contributed by atoms with Gasteiger partial charge in [0.25, 0.3) is 20.2 Å². The molecule has 0 aliphatic heterocycles. The molecule has 0 saturated heterocycles. The second-order valence-corrected chi connectivity index (χ2v) is 14.6. The standard InChI is InChI=1S/C28H32N8O9S3/c1-4-45-15-6-13-30-28-26(19(3)23(18-29)27(32-28)31-14-16-46(37,38)5-2)36-35-24-12-9-21(17-25(24)48(42,43)44)34-33-20-7-10-22(11-8-20)47(39,40)41/h5,7-12,17H,2,4,6,13-16H2,1,3H3,(H2,30,31,32)(H,39,40,41)(H,42,43,44)/b34-33+,36-35+. The quantitative estimate of drug-likeness (QED) is 0.0775. The lowest BCUT2D eigenvalue weighted by atomic mass is 10.1. The highest BCUT2D eigenvalue weighted by molar-refractivity contribution is 7.94. The maximum atomic E-state index is 12.3. The number of azo groups is 2. The number of benzene rings is 2. The fourth-order valence-electron chi connectivity index (χ4n) is 3.88. The normalized spacial score (nSPS) is 12.3. The van der Waals surface area contributed by atoms with E-state index < -0.39 is 35.0 Å². The van der Waals surface area contributed by atoms with Crippen molar-refractivity contribution in [3.63, 3.8) is 0 Å². The van der Waals surface area contributed by atoms with E-state index in [0.29, 0.717) is 26.2 Å². The third kappa shape index (κ3) is 10.7. The third-order valence-corrected chi connectivity index (χ3v) is 9.35. The van der Waals surface area contributed by atoms with Gasteiger partial charge in [0, 0.05) is 37.3 Å². The molecule has 0 bridgehead atoms. The van der Waals surface area contributed by atoms with Crippen LogP contribution in [-0.4, -0.2) is 71.4 Å². The SMILES string of the molecule is C=CS(=O)(=O)CCNc1nc(NCCCOCC)c(/N=N/c2ccc(/N=N/c3ccc(S(=O)(=O)O)cc3)cc2S(=O)(=O)O)c(C)c1C#N. The van der Waals surface area contributed by atoms with E-state index in [1.807, 2.05) is 13.0 Å². The van der Waals surface area contributed by atoms with E-state index in [9.17, 15) is 35.1 Å². The monoisotopic (exact) mass is 720 g/mol. The second kappa shape index (κ2) is 16.4. The molecule has 4 N–H and O–H groups in total. The minimum atomic E-state index is -4.87. The maximum absolute atomic E-state index is 12.3. The minimum Gasteiger partial charge on any atom is -0.382 e. The van der Waals surface area contributed by atoms with Crippen LogP contribution < -0.4 is 10.6 Å². The molecular weight excluding hydrogens is 689 g/mol. The number of hydrogen-bond donors (Lipinski definition) is 4. The van der Waals surface area contributed by atoms with Gasteiger partial charge in [-0.15, -0.1) is 10.2 Å². The zero-order chi connectivity index (χ0) is 35.5. The Labute approximate surface area is 277 Å². The summed E-state index contributed by atoms with van der Waals surface area (Å²) in [6.45, 7) is 7.94. The molecule has 256 valence electrons. The highest BCUT2D eigenvalue weighted by atomic mass is 32.2. The van der Waals surface area contributed by atoms with Gasteiger partial charge in [0.2, 0.25) is 0 Å². The molecular formula is C28H32N8O9S3. The number of pyridine rings is 1. The maximum Gasteiger partial charge on any atom is 0.296 e. The summed E-state index contributed by atoms with van der Waals surface area (Å²) in [7, 11) is -12.8. The van der Waals surface area contributed by atoms with Crippen molar-refractivity contribution in [2.24, 2.45) is 20.5 Å². The van der Waals surface area contributed by atoms with Crippen molar-refractivity contribution in [2.45, 2.75) is 30.1 Å². The largest absolute Gasteiger partial charge is 0.382 e. The Morgan fingerprint density at radius 3 is 2.17 bits per heavy atom. The van der Waals surface area contributed by atoms with E-state index >= 15 is 0 Å². The molecule has 0 aliphatic carbocycles. The van der Waals surface area contributed by atoms with Crippen molar-refractivity contribution in [1.29, 1.82) is 5.26 Å². The van der Waals surface area contributed by atoms with Crippen molar-refractivity contribution < 1.29 is 39.1 Å². The van der Waals surface area contributed by atoms with Gasteiger partial charge in [-0.3, -0.25) is 9.11 Å². The van der Waals surface area contributed by atoms with E-state index in [1.165, 1.54) is 24.3 Å². The number of anilines is 2. The summed E-state index contributed by atoms with van der Waals surface area (Å²) in [4.78, 5) is 3.42. The predicted molar refractivity (Wildman–Crippen MR) is 177 cm³/mol. The van der Waals surface area contributed by atoms with Gasteiger partial charge in [0.15, 0.2) is 15.7 Å². The smallest absolute Gasteiger partial charge is 0.296 e. The number of nitrogens with zero attached hydrogens (tertiary/aromatic N) is 6. The second-order valence-electron chi connectivity index (χ2n) is 9.70. The minimum absolute atomic E-state index is 0.0180. The average Bonchev–Trinajstić information content (AvgIpc) is 3.03.